The average molecular weight is 264 g/mol. The molecule has 1 atom stereocenters. The van der Waals surface area contributed by atoms with Gasteiger partial charge in [-0.15, -0.1) is 0 Å². The summed E-state index contributed by atoms with van der Waals surface area (Å²) < 4.78 is 41.1. The van der Waals surface area contributed by atoms with E-state index >= 15 is 0 Å². The van der Waals surface area contributed by atoms with Gasteiger partial charge in [-0.05, 0) is 17.7 Å². The second-order valence-electron chi connectivity index (χ2n) is 3.16. The normalized spacial score (nSPS) is 12.3. The Morgan fingerprint density at radius 1 is 1.39 bits per heavy atom. The minimum Gasteiger partial charge on any atom is -0.479 e. The van der Waals surface area contributed by atoms with Gasteiger partial charge >= 0.3 is 12.6 Å². The molecule has 0 heterocycles. The molecule has 0 amide bonds. The first kappa shape index (κ1) is 14.0. The number of ether oxygens (including phenoxy) is 1. The van der Waals surface area contributed by atoms with Gasteiger partial charge in [-0.2, -0.15) is 8.78 Å². The molecule has 0 aliphatic carbocycles. The molecular weight excluding hydrogens is 257 g/mol. The summed E-state index contributed by atoms with van der Waals surface area (Å²) in [6.45, 7) is -3.35. The third-order valence-electron chi connectivity index (χ3n) is 1.98. The minimum atomic E-state index is -3.35. The van der Waals surface area contributed by atoms with Crippen LogP contribution in [0.2, 0.25) is 0 Å². The highest BCUT2D eigenvalue weighted by Crippen LogP contribution is 2.27. The van der Waals surface area contributed by atoms with Crippen molar-refractivity contribution < 1.29 is 37.7 Å². The van der Waals surface area contributed by atoms with Crippen LogP contribution in [0.1, 0.15) is 22.0 Å². The number of aliphatic carboxylic acids is 1. The first-order valence-corrected chi connectivity index (χ1v) is 4.51. The highest BCUT2D eigenvalue weighted by molar-refractivity contribution is 5.79. The van der Waals surface area contributed by atoms with Crippen molar-refractivity contribution in [2.24, 2.45) is 0 Å². The van der Waals surface area contributed by atoms with Gasteiger partial charge in [-0.3, -0.25) is 4.79 Å². The summed E-state index contributed by atoms with van der Waals surface area (Å²) in [5.41, 5.74) is -1.13. The quantitative estimate of drug-likeness (QED) is 0.784. The monoisotopic (exact) mass is 264 g/mol. The fourth-order valence-corrected chi connectivity index (χ4v) is 1.21. The molecule has 0 spiro atoms. The van der Waals surface area contributed by atoms with E-state index in [0.29, 0.717) is 6.07 Å². The van der Waals surface area contributed by atoms with Crippen molar-refractivity contribution in [3.05, 3.63) is 29.1 Å². The maximum Gasteiger partial charge on any atom is 0.387 e. The summed E-state index contributed by atoms with van der Waals surface area (Å²) >= 11 is 0. The van der Waals surface area contributed by atoms with Crippen LogP contribution in [0, 0.1) is 5.82 Å². The summed E-state index contributed by atoms with van der Waals surface area (Å²) in [6, 6.07) is 1.33. The van der Waals surface area contributed by atoms with Crippen molar-refractivity contribution in [2.75, 3.05) is 0 Å². The van der Waals surface area contributed by atoms with Crippen molar-refractivity contribution in [2.45, 2.75) is 12.7 Å². The Balaban J connectivity index is 3.29. The van der Waals surface area contributed by atoms with E-state index < -0.39 is 41.4 Å². The van der Waals surface area contributed by atoms with Gasteiger partial charge in [0, 0.05) is 0 Å². The van der Waals surface area contributed by atoms with Gasteiger partial charge in [-0.1, -0.05) is 0 Å². The molecule has 2 N–H and O–H groups in total. The van der Waals surface area contributed by atoms with Gasteiger partial charge in [0.25, 0.3) is 0 Å². The molecule has 0 saturated heterocycles. The van der Waals surface area contributed by atoms with Crippen LogP contribution in [0.5, 0.6) is 5.75 Å². The molecule has 0 aromatic heterocycles. The molecular formula is C10H7F3O5. The number of hydrogen-bond donors (Lipinski definition) is 2. The topological polar surface area (TPSA) is 83.8 Å². The Labute approximate surface area is 98.4 Å². The molecule has 0 aliphatic rings. The lowest BCUT2D eigenvalue weighted by Crippen LogP contribution is -2.13. The summed E-state index contributed by atoms with van der Waals surface area (Å²) in [6.07, 6.45) is -2.09. The van der Waals surface area contributed by atoms with Crippen molar-refractivity contribution in [3.63, 3.8) is 0 Å². The van der Waals surface area contributed by atoms with E-state index in [-0.39, 0.29) is 6.29 Å². The van der Waals surface area contributed by atoms with Gasteiger partial charge in [0.1, 0.15) is 0 Å². The van der Waals surface area contributed by atoms with Crippen molar-refractivity contribution in [3.8, 4) is 5.75 Å². The predicted molar refractivity (Wildman–Crippen MR) is 51.0 cm³/mol. The van der Waals surface area contributed by atoms with E-state index in [4.69, 9.17) is 5.11 Å². The number of halogens is 3. The van der Waals surface area contributed by atoms with E-state index in [1.54, 1.807) is 0 Å². The van der Waals surface area contributed by atoms with E-state index in [2.05, 4.69) is 4.74 Å². The fraction of sp³-hybridized carbons (Fsp3) is 0.200. The smallest absolute Gasteiger partial charge is 0.387 e. The SMILES string of the molecule is O=Cc1cc(C(O)C(=O)O)cc(OC(F)F)c1F. The van der Waals surface area contributed by atoms with Crippen LogP contribution >= 0.6 is 0 Å². The molecule has 18 heavy (non-hydrogen) atoms. The number of rotatable bonds is 5. The zero-order valence-corrected chi connectivity index (χ0v) is 8.64. The van der Waals surface area contributed by atoms with E-state index in [1.807, 2.05) is 0 Å². The number of carbonyl (C=O) groups excluding carboxylic acids is 1. The maximum atomic E-state index is 13.4. The van der Waals surface area contributed by atoms with Crippen molar-refractivity contribution in [1.82, 2.24) is 0 Å². The number of aliphatic hydroxyl groups is 1. The lowest BCUT2D eigenvalue weighted by atomic mass is 10.1. The van der Waals surface area contributed by atoms with Crippen LogP contribution in [0.4, 0.5) is 13.2 Å². The molecule has 0 fully saturated rings. The minimum absolute atomic E-state index is 0.00820. The highest BCUT2D eigenvalue weighted by Gasteiger charge is 2.22. The zero-order valence-electron chi connectivity index (χ0n) is 8.64. The van der Waals surface area contributed by atoms with E-state index in [0.717, 1.165) is 6.07 Å². The molecule has 1 rings (SSSR count). The number of benzene rings is 1. The van der Waals surface area contributed by atoms with E-state index in [9.17, 15) is 27.9 Å². The van der Waals surface area contributed by atoms with Gasteiger partial charge < -0.3 is 14.9 Å². The third kappa shape index (κ3) is 2.98. The van der Waals surface area contributed by atoms with Gasteiger partial charge in [0.15, 0.2) is 24.0 Å². The highest BCUT2D eigenvalue weighted by atomic mass is 19.3. The standard InChI is InChI=1S/C10H7F3O5/c11-7-5(3-14)1-4(8(15)9(16)17)2-6(7)18-10(12)13/h1-3,8,10,15H,(H,16,17). The Bertz CT molecular complexity index is 475. The summed E-state index contributed by atoms with van der Waals surface area (Å²) in [5.74, 6) is -4.04. The second-order valence-corrected chi connectivity index (χ2v) is 3.16. The molecule has 8 heteroatoms. The Hall–Kier alpha value is -2.09. The first-order valence-electron chi connectivity index (χ1n) is 4.51. The van der Waals surface area contributed by atoms with Gasteiger partial charge in [-0.25, -0.2) is 9.18 Å². The number of aldehydes is 1. The molecule has 1 aromatic rings. The largest absolute Gasteiger partial charge is 0.479 e. The molecule has 0 saturated carbocycles. The lowest BCUT2D eigenvalue weighted by molar-refractivity contribution is -0.146. The van der Waals surface area contributed by atoms with Crippen LogP contribution in [0.15, 0.2) is 12.1 Å². The Morgan fingerprint density at radius 3 is 2.44 bits per heavy atom. The average Bonchev–Trinajstić information content (AvgIpc) is 2.30. The molecule has 1 unspecified atom stereocenters. The maximum absolute atomic E-state index is 13.4. The number of hydrogen-bond acceptors (Lipinski definition) is 4. The van der Waals surface area contributed by atoms with Crippen molar-refractivity contribution in [1.29, 1.82) is 0 Å². The van der Waals surface area contributed by atoms with Gasteiger partial charge in [0.2, 0.25) is 0 Å². The summed E-state index contributed by atoms with van der Waals surface area (Å²) in [7, 11) is 0. The number of carboxylic acid groups (broad SMARTS) is 1. The zero-order chi connectivity index (χ0) is 13.9. The molecule has 0 radical (unpaired) electrons. The first-order chi connectivity index (χ1) is 8.36. The Morgan fingerprint density at radius 2 is 2.00 bits per heavy atom. The van der Waals surface area contributed by atoms with Crippen LogP contribution in [-0.4, -0.2) is 29.1 Å². The second kappa shape index (κ2) is 5.50. The molecule has 1 aromatic carbocycles. The van der Waals surface area contributed by atoms with Crippen LogP contribution in [-0.2, 0) is 4.79 Å². The molecule has 98 valence electrons. The van der Waals surface area contributed by atoms with E-state index in [1.165, 1.54) is 0 Å². The number of carboxylic acids is 1. The number of aliphatic hydroxyl groups excluding tert-OH is 1. The van der Waals surface area contributed by atoms with Gasteiger partial charge in [0.05, 0.1) is 5.56 Å². The molecule has 5 nitrogen and oxygen atoms in total. The lowest BCUT2D eigenvalue weighted by Gasteiger charge is -2.11. The van der Waals surface area contributed by atoms with Crippen LogP contribution < -0.4 is 4.74 Å². The Kier molecular flexibility index (Phi) is 4.27. The summed E-state index contributed by atoms with van der Waals surface area (Å²) in [4.78, 5) is 21.0. The van der Waals surface area contributed by atoms with Crippen LogP contribution in [0.25, 0.3) is 0 Å². The predicted octanol–water partition coefficient (Wildman–Crippen LogP) is 1.36. The molecule has 0 bridgehead atoms. The fourth-order valence-electron chi connectivity index (χ4n) is 1.21. The number of carbonyl (C=O) groups is 2. The van der Waals surface area contributed by atoms with Crippen molar-refractivity contribution >= 4 is 12.3 Å². The summed E-state index contributed by atoms with van der Waals surface area (Å²) in [5, 5.41) is 17.7. The third-order valence-corrected chi connectivity index (χ3v) is 1.98. The van der Waals surface area contributed by atoms with Crippen LogP contribution in [0.3, 0.4) is 0 Å². The molecule has 0 aliphatic heterocycles. The number of alkyl halides is 2.